The van der Waals surface area contributed by atoms with E-state index in [2.05, 4.69) is 24.8 Å². The average Bonchev–Trinajstić information content (AvgIpc) is 3.17. The van der Waals surface area contributed by atoms with E-state index in [1.165, 1.54) is 76.2 Å². The second kappa shape index (κ2) is 19.2. The molecule has 0 unspecified atom stereocenters. The third-order valence-corrected chi connectivity index (χ3v) is 8.60. The average molecular weight is 776 g/mol. The van der Waals surface area contributed by atoms with Crippen LogP contribution in [0.2, 0.25) is 5.02 Å². The van der Waals surface area contributed by atoms with Crippen molar-refractivity contribution in [1.82, 2.24) is 9.97 Å². The summed E-state index contributed by atoms with van der Waals surface area (Å²) in [5.41, 5.74) is 1.28. The number of carbonyl (C=O) groups excluding carboxylic acids is 3. The van der Waals surface area contributed by atoms with Gasteiger partial charge in [0.15, 0.2) is 0 Å². The largest absolute Gasteiger partial charge is 0.494 e. The Labute approximate surface area is 311 Å². The van der Waals surface area contributed by atoms with Gasteiger partial charge in [0.25, 0.3) is 0 Å². The number of nitrogens with zero attached hydrogens (tertiary/aromatic N) is 2. The molecule has 2 aromatic heterocycles. The van der Waals surface area contributed by atoms with Gasteiger partial charge < -0.3 is 49.4 Å². The molecular formula is C35H35ClFN3O12S. The molecule has 53 heavy (non-hydrogen) atoms. The molecule has 0 aliphatic rings. The van der Waals surface area contributed by atoms with E-state index in [4.69, 9.17) is 25.8 Å². The first-order valence-corrected chi connectivity index (χ1v) is 16.9. The number of rotatable bonds is 17. The fourth-order valence-corrected chi connectivity index (χ4v) is 5.41. The van der Waals surface area contributed by atoms with Crippen molar-refractivity contribution in [3.8, 4) is 28.5 Å². The van der Waals surface area contributed by atoms with E-state index < -0.39 is 61.3 Å². The molecule has 0 saturated carbocycles. The molecule has 0 saturated heterocycles. The first-order chi connectivity index (χ1) is 25.3. The number of ether oxygens (including phenoxy) is 5. The Bertz CT molecular complexity index is 1890. The van der Waals surface area contributed by atoms with Gasteiger partial charge in [0.1, 0.15) is 60.7 Å². The van der Waals surface area contributed by atoms with Crippen LogP contribution in [-0.2, 0) is 14.3 Å². The van der Waals surface area contributed by atoms with Crippen LogP contribution >= 0.6 is 23.4 Å². The number of halogens is 2. The molecule has 18 heteroatoms. The monoisotopic (exact) mass is 775 g/mol. The number of anilines is 1. The number of aliphatic hydroxyl groups is 4. The number of hydrogen-bond donors (Lipinski definition) is 5. The zero-order chi connectivity index (χ0) is 38.7. The molecule has 5 N–H and O–H groups in total. The number of aromatic nitrogens is 2. The quantitative estimate of drug-likeness (QED) is 0.0769. The molecule has 4 aromatic rings. The van der Waals surface area contributed by atoms with Crippen LogP contribution in [0.5, 0.6) is 17.2 Å². The van der Waals surface area contributed by atoms with E-state index in [0.29, 0.717) is 16.3 Å². The van der Waals surface area contributed by atoms with Gasteiger partial charge in [-0.15, -0.1) is 0 Å². The summed E-state index contributed by atoms with van der Waals surface area (Å²) in [6, 6.07) is 12.4. The number of esters is 2. The Hall–Kier alpha value is -5.04. The first-order valence-electron chi connectivity index (χ1n) is 15.5. The smallest absolute Gasteiger partial charge is 0.339 e. The van der Waals surface area contributed by atoms with Crippen LogP contribution in [0.25, 0.3) is 11.3 Å². The van der Waals surface area contributed by atoms with E-state index in [-0.39, 0.29) is 44.8 Å². The van der Waals surface area contributed by atoms with Gasteiger partial charge in [-0.2, -0.15) is 0 Å². The SMILES string of the molecule is COC(=O)c1ccc(SCC(=O)Nc2cc(Cl)c(OC[C@H](O)[C@H](O)[C@@H](O)[C@@H](O)COc3cc(F)cc(-c4ccc(C(=O)OC)cn4)c3)cc2OC)nc1. The van der Waals surface area contributed by atoms with Crippen molar-refractivity contribution in [3.63, 3.8) is 0 Å². The van der Waals surface area contributed by atoms with Gasteiger partial charge in [0.2, 0.25) is 5.91 Å². The maximum absolute atomic E-state index is 14.4. The summed E-state index contributed by atoms with van der Waals surface area (Å²) in [6.07, 6.45) is -4.70. The van der Waals surface area contributed by atoms with Crippen LogP contribution in [0.3, 0.4) is 0 Å². The third kappa shape index (κ3) is 11.2. The predicted octanol–water partition coefficient (Wildman–Crippen LogP) is 3.15. The van der Waals surface area contributed by atoms with Gasteiger partial charge in [-0.1, -0.05) is 23.4 Å². The molecule has 0 spiro atoms. The summed E-state index contributed by atoms with van der Waals surface area (Å²) in [4.78, 5) is 44.1. The van der Waals surface area contributed by atoms with Crippen LogP contribution in [0, 0.1) is 5.82 Å². The van der Waals surface area contributed by atoms with Crippen LogP contribution in [0.15, 0.2) is 72.0 Å². The lowest BCUT2D eigenvalue weighted by Gasteiger charge is -2.26. The molecule has 0 aliphatic heterocycles. The molecule has 2 aromatic carbocycles. The number of pyridine rings is 2. The summed E-state index contributed by atoms with van der Waals surface area (Å²) in [7, 11) is 3.82. The van der Waals surface area contributed by atoms with Crippen molar-refractivity contribution in [1.29, 1.82) is 0 Å². The third-order valence-electron chi connectivity index (χ3n) is 7.36. The van der Waals surface area contributed by atoms with Crippen molar-refractivity contribution < 1.29 is 62.9 Å². The molecule has 0 bridgehead atoms. The van der Waals surface area contributed by atoms with Gasteiger partial charge >= 0.3 is 11.9 Å². The number of aliphatic hydroxyl groups excluding tert-OH is 4. The van der Waals surface area contributed by atoms with Crippen LogP contribution < -0.4 is 19.5 Å². The van der Waals surface area contributed by atoms with E-state index >= 15 is 0 Å². The van der Waals surface area contributed by atoms with Gasteiger partial charge in [-0.25, -0.2) is 19.0 Å². The Morgan fingerprint density at radius 2 is 1.43 bits per heavy atom. The van der Waals surface area contributed by atoms with Crippen LogP contribution in [0.4, 0.5) is 10.1 Å². The molecule has 15 nitrogen and oxygen atoms in total. The Kier molecular flexibility index (Phi) is 14.7. The van der Waals surface area contributed by atoms with E-state index in [9.17, 15) is 39.2 Å². The number of methoxy groups -OCH3 is 3. The van der Waals surface area contributed by atoms with Crippen molar-refractivity contribution >= 4 is 46.9 Å². The minimum absolute atomic E-state index is 0.00624. The topological polar surface area (TPSA) is 216 Å². The van der Waals surface area contributed by atoms with Crippen molar-refractivity contribution in [3.05, 3.63) is 89.0 Å². The standard InChI is InChI=1S/C35H35ClFN3O12S/c1-48-29-12-28(23(36)11-25(29)40-30(43)17-53-31-7-5-19(14-39-31)35(47)50-3)52-16-27(42)33(45)32(44)26(41)15-51-22-9-20(8-21(37)10-22)24-6-4-18(13-38-24)34(46)49-2/h4-14,26-27,32-33,41-42,44-45H,15-17H2,1-3H3,(H,40,43)/t26-,27-,32-,33-/m0/s1. The summed E-state index contributed by atoms with van der Waals surface area (Å²) in [5, 5.41) is 45.2. The second-order valence-corrected chi connectivity index (χ2v) is 12.4. The lowest BCUT2D eigenvalue weighted by atomic mass is 10.0. The maximum Gasteiger partial charge on any atom is 0.339 e. The molecule has 0 radical (unpaired) electrons. The molecule has 1 amide bonds. The number of carbonyl (C=O) groups is 3. The Balaban J connectivity index is 1.29. The Morgan fingerprint density at radius 3 is 2.00 bits per heavy atom. The number of nitrogens with one attached hydrogen (secondary N) is 1. The lowest BCUT2D eigenvalue weighted by Crippen LogP contribution is -2.48. The molecule has 0 fully saturated rings. The lowest BCUT2D eigenvalue weighted by molar-refractivity contribution is -0.119. The minimum Gasteiger partial charge on any atom is -0.494 e. The minimum atomic E-state index is -1.92. The summed E-state index contributed by atoms with van der Waals surface area (Å²) < 4.78 is 40.0. The van der Waals surface area contributed by atoms with E-state index in [1.807, 2.05) is 0 Å². The Morgan fingerprint density at radius 1 is 0.811 bits per heavy atom. The number of thioether (sulfide) groups is 1. The number of amides is 1. The summed E-state index contributed by atoms with van der Waals surface area (Å²) in [5.74, 6) is -2.15. The highest BCUT2D eigenvalue weighted by Crippen LogP contribution is 2.36. The number of benzene rings is 2. The fourth-order valence-electron chi connectivity index (χ4n) is 4.55. The highest BCUT2D eigenvalue weighted by atomic mass is 35.5. The van der Waals surface area contributed by atoms with E-state index in [0.717, 1.165) is 17.8 Å². The van der Waals surface area contributed by atoms with Gasteiger partial charge in [-0.3, -0.25) is 9.78 Å². The molecule has 282 valence electrons. The molecule has 4 atom stereocenters. The second-order valence-electron chi connectivity index (χ2n) is 11.0. The predicted molar refractivity (Wildman–Crippen MR) is 189 cm³/mol. The maximum atomic E-state index is 14.4. The van der Waals surface area contributed by atoms with Crippen LogP contribution in [0.1, 0.15) is 20.7 Å². The van der Waals surface area contributed by atoms with Crippen molar-refractivity contribution in [2.24, 2.45) is 0 Å². The summed E-state index contributed by atoms with van der Waals surface area (Å²) in [6.45, 7) is -1.19. The van der Waals surface area contributed by atoms with Crippen molar-refractivity contribution in [2.45, 2.75) is 29.4 Å². The zero-order valence-corrected chi connectivity index (χ0v) is 30.0. The van der Waals surface area contributed by atoms with Gasteiger partial charge in [-0.05, 0) is 42.5 Å². The highest BCUT2D eigenvalue weighted by Gasteiger charge is 2.31. The summed E-state index contributed by atoms with van der Waals surface area (Å²) >= 11 is 7.46. The van der Waals surface area contributed by atoms with E-state index in [1.54, 1.807) is 6.07 Å². The fraction of sp³-hybridized carbons (Fsp3) is 0.286. The molecular weight excluding hydrogens is 741 g/mol. The van der Waals surface area contributed by atoms with Gasteiger partial charge in [0, 0.05) is 30.1 Å². The molecule has 2 heterocycles. The zero-order valence-electron chi connectivity index (χ0n) is 28.4. The van der Waals surface area contributed by atoms with Crippen molar-refractivity contribution in [2.75, 3.05) is 45.6 Å². The molecule has 0 aliphatic carbocycles. The molecule has 4 rings (SSSR count). The first kappa shape index (κ1) is 40.7. The highest BCUT2D eigenvalue weighted by molar-refractivity contribution is 7.99. The normalized spacial score (nSPS) is 13.2. The van der Waals surface area contributed by atoms with Gasteiger partial charge in [0.05, 0.1) is 59.6 Å². The van der Waals surface area contributed by atoms with Crippen LogP contribution in [-0.4, -0.2) is 113 Å². The number of hydrogen-bond acceptors (Lipinski definition) is 15.